The van der Waals surface area contributed by atoms with Crippen molar-refractivity contribution >= 4 is 17.0 Å². The topological polar surface area (TPSA) is 119 Å². The van der Waals surface area contributed by atoms with Crippen molar-refractivity contribution in [2.45, 2.75) is 31.0 Å². The van der Waals surface area contributed by atoms with E-state index in [1.807, 2.05) is 0 Å². The highest BCUT2D eigenvalue weighted by atomic mass is 16.6. The molecule has 3 heterocycles. The van der Waals surface area contributed by atoms with E-state index in [4.69, 9.17) is 16.9 Å². The van der Waals surface area contributed by atoms with Gasteiger partial charge in [0.1, 0.15) is 17.9 Å². The van der Waals surface area contributed by atoms with Crippen molar-refractivity contribution in [1.82, 2.24) is 19.5 Å². The Kier molecular flexibility index (Phi) is 2.65. The monoisotopic (exact) mass is 275 g/mol. The van der Waals surface area contributed by atoms with Gasteiger partial charge < -0.3 is 20.7 Å². The van der Waals surface area contributed by atoms with Crippen LogP contribution in [0.15, 0.2) is 12.7 Å². The Balaban J connectivity index is 2.17. The molecule has 0 aliphatic carbocycles. The van der Waals surface area contributed by atoms with Crippen LogP contribution >= 0.6 is 0 Å². The van der Waals surface area contributed by atoms with Crippen LogP contribution in [0.25, 0.3) is 11.2 Å². The van der Waals surface area contributed by atoms with Crippen molar-refractivity contribution < 1.29 is 14.9 Å². The molecule has 104 valence electrons. The minimum Gasteiger partial charge on any atom is -0.386 e. The average molecular weight is 275 g/mol. The van der Waals surface area contributed by atoms with Crippen LogP contribution in [0.2, 0.25) is 0 Å². The minimum atomic E-state index is -1.87. The second-order valence-corrected chi connectivity index (χ2v) is 4.69. The summed E-state index contributed by atoms with van der Waals surface area (Å²) in [6.45, 7) is 1.62. The number of hydrogen-bond donors (Lipinski definition) is 3. The molecule has 0 unspecified atom stereocenters. The summed E-state index contributed by atoms with van der Waals surface area (Å²) in [4.78, 5) is 12.0. The first-order valence-corrected chi connectivity index (χ1v) is 5.95. The SMILES string of the molecule is C#C[C@@]1(O)[C@H](O)[C@@H](C)O[C@H]1n1cnc2c(N)ncnc21. The molecule has 20 heavy (non-hydrogen) atoms. The Labute approximate surface area is 114 Å². The number of anilines is 1. The fraction of sp³-hybridized carbons (Fsp3) is 0.417. The van der Waals surface area contributed by atoms with Crippen LogP contribution in [-0.2, 0) is 4.74 Å². The molecule has 0 saturated carbocycles. The predicted molar refractivity (Wildman–Crippen MR) is 69.1 cm³/mol. The number of aromatic nitrogens is 4. The number of hydrogen-bond acceptors (Lipinski definition) is 7. The normalized spacial score (nSPS) is 33.4. The lowest BCUT2D eigenvalue weighted by molar-refractivity contribution is -0.0672. The Morgan fingerprint density at radius 2 is 2.25 bits per heavy atom. The number of nitrogen functional groups attached to an aromatic ring is 1. The van der Waals surface area contributed by atoms with Crippen molar-refractivity contribution in [1.29, 1.82) is 0 Å². The summed E-state index contributed by atoms with van der Waals surface area (Å²) in [5.74, 6) is 2.41. The molecule has 0 spiro atoms. The summed E-state index contributed by atoms with van der Waals surface area (Å²) in [7, 11) is 0. The molecule has 4 N–H and O–H groups in total. The summed E-state index contributed by atoms with van der Waals surface area (Å²) < 4.78 is 7.00. The molecule has 4 atom stereocenters. The highest BCUT2D eigenvalue weighted by Gasteiger charge is 2.54. The summed E-state index contributed by atoms with van der Waals surface area (Å²) in [5, 5.41) is 20.5. The third-order valence-electron chi connectivity index (χ3n) is 3.49. The average Bonchev–Trinajstić information content (AvgIpc) is 2.96. The maximum Gasteiger partial charge on any atom is 0.199 e. The number of nitrogens with two attached hydrogens (primary N) is 1. The summed E-state index contributed by atoms with van der Waals surface area (Å²) in [6.07, 6.45) is 5.19. The molecule has 8 heteroatoms. The molecule has 1 aliphatic heterocycles. The molecule has 8 nitrogen and oxygen atoms in total. The fourth-order valence-electron chi connectivity index (χ4n) is 2.36. The molecule has 0 bridgehead atoms. The Morgan fingerprint density at radius 1 is 1.50 bits per heavy atom. The van der Waals surface area contributed by atoms with E-state index < -0.39 is 24.0 Å². The zero-order valence-corrected chi connectivity index (χ0v) is 10.6. The second kappa shape index (κ2) is 4.14. The predicted octanol–water partition coefficient (Wildman–Crippen LogP) is -0.949. The van der Waals surface area contributed by atoms with Crippen LogP contribution in [0.3, 0.4) is 0 Å². The van der Waals surface area contributed by atoms with E-state index in [0.29, 0.717) is 11.2 Å². The highest BCUT2D eigenvalue weighted by molar-refractivity contribution is 5.81. The minimum absolute atomic E-state index is 0.213. The van der Waals surface area contributed by atoms with E-state index in [2.05, 4.69) is 20.9 Å². The third kappa shape index (κ3) is 1.51. The maximum absolute atomic E-state index is 10.5. The van der Waals surface area contributed by atoms with Crippen LogP contribution in [-0.4, -0.2) is 47.5 Å². The molecule has 1 aliphatic rings. The van der Waals surface area contributed by atoms with Crippen molar-refractivity contribution in [3.05, 3.63) is 12.7 Å². The van der Waals surface area contributed by atoms with Gasteiger partial charge in [-0.1, -0.05) is 5.92 Å². The van der Waals surface area contributed by atoms with E-state index in [9.17, 15) is 10.2 Å². The summed E-state index contributed by atoms with van der Waals surface area (Å²) >= 11 is 0. The number of fused-ring (bicyclic) bond motifs is 1. The van der Waals surface area contributed by atoms with Crippen LogP contribution < -0.4 is 5.73 Å². The first kappa shape index (κ1) is 12.8. The van der Waals surface area contributed by atoms with Gasteiger partial charge in [-0.2, -0.15) is 0 Å². The quantitative estimate of drug-likeness (QED) is 0.574. The van der Waals surface area contributed by atoms with Crippen LogP contribution in [0.4, 0.5) is 5.82 Å². The first-order valence-electron chi connectivity index (χ1n) is 5.95. The van der Waals surface area contributed by atoms with Crippen LogP contribution in [0.1, 0.15) is 13.2 Å². The molecule has 0 aromatic carbocycles. The number of aliphatic hydroxyl groups excluding tert-OH is 1. The lowest BCUT2D eigenvalue weighted by Gasteiger charge is -2.26. The van der Waals surface area contributed by atoms with Gasteiger partial charge in [0, 0.05) is 0 Å². The molecular formula is C12H13N5O3. The van der Waals surface area contributed by atoms with Gasteiger partial charge >= 0.3 is 0 Å². The maximum atomic E-state index is 10.5. The van der Waals surface area contributed by atoms with Gasteiger partial charge in [0.2, 0.25) is 0 Å². The van der Waals surface area contributed by atoms with Gasteiger partial charge in [-0.15, -0.1) is 6.42 Å². The number of rotatable bonds is 1. The van der Waals surface area contributed by atoms with Gasteiger partial charge in [0.15, 0.2) is 23.3 Å². The molecule has 2 aromatic rings. The zero-order valence-electron chi connectivity index (χ0n) is 10.6. The molecule has 1 saturated heterocycles. The zero-order chi connectivity index (χ0) is 14.5. The number of imidazole rings is 1. The van der Waals surface area contributed by atoms with Gasteiger partial charge in [-0.25, -0.2) is 15.0 Å². The smallest absolute Gasteiger partial charge is 0.199 e. The molecule has 0 radical (unpaired) electrons. The van der Waals surface area contributed by atoms with Crippen LogP contribution in [0.5, 0.6) is 0 Å². The third-order valence-corrected chi connectivity index (χ3v) is 3.49. The van der Waals surface area contributed by atoms with Crippen molar-refractivity contribution in [2.24, 2.45) is 0 Å². The Hall–Kier alpha value is -2.21. The highest BCUT2D eigenvalue weighted by Crippen LogP contribution is 2.39. The lowest BCUT2D eigenvalue weighted by Crippen LogP contribution is -2.44. The molecule has 0 amide bonds. The Bertz CT molecular complexity index is 709. The molecular weight excluding hydrogens is 262 g/mol. The van der Waals surface area contributed by atoms with E-state index in [1.54, 1.807) is 6.92 Å². The lowest BCUT2D eigenvalue weighted by atomic mass is 9.95. The van der Waals surface area contributed by atoms with E-state index in [0.717, 1.165) is 0 Å². The number of ether oxygens (including phenoxy) is 1. The fourth-order valence-corrected chi connectivity index (χ4v) is 2.36. The van der Waals surface area contributed by atoms with Gasteiger partial charge in [-0.3, -0.25) is 4.57 Å². The number of terminal acetylenes is 1. The number of nitrogens with zero attached hydrogens (tertiary/aromatic N) is 4. The van der Waals surface area contributed by atoms with E-state index in [-0.39, 0.29) is 5.82 Å². The summed E-state index contributed by atoms with van der Waals surface area (Å²) in [5.41, 5.74) is 4.59. The van der Waals surface area contributed by atoms with Crippen LogP contribution in [0, 0.1) is 12.3 Å². The standard InChI is InChI=1S/C12H13N5O3/c1-3-12(19)8(18)6(2)20-11(12)17-5-16-7-9(13)14-4-15-10(7)17/h1,4-6,8,11,18-19H,2H3,(H2,13,14,15)/t6-,8-,11-,12-/m1/s1. The largest absolute Gasteiger partial charge is 0.386 e. The van der Waals surface area contributed by atoms with Crippen molar-refractivity contribution in [2.75, 3.05) is 5.73 Å². The van der Waals surface area contributed by atoms with Crippen molar-refractivity contribution in [3.63, 3.8) is 0 Å². The second-order valence-electron chi connectivity index (χ2n) is 4.69. The van der Waals surface area contributed by atoms with Gasteiger partial charge in [-0.05, 0) is 6.92 Å². The molecule has 1 fully saturated rings. The Morgan fingerprint density at radius 3 is 2.95 bits per heavy atom. The van der Waals surface area contributed by atoms with Crippen molar-refractivity contribution in [3.8, 4) is 12.3 Å². The van der Waals surface area contributed by atoms with E-state index >= 15 is 0 Å². The first-order chi connectivity index (χ1) is 9.49. The van der Waals surface area contributed by atoms with Gasteiger partial charge in [0.05, 0.1) is 12.4 Å². The summed E-state index contributed by atoms with van der Waals surface area (Å²) in [6, 6.07) is 0. The van der Waals surface area contributed by atoms with Gasteiger partial charge in [0.25, 0.3) is 0 Å². The number of aliphatic hydroxyl groups is 2. The molecule has 3 rings (SSSR count). The van der Waals surface area contributed by atoms with E-state index in [1.165, 1.54) is 17.2 Å². The molecule has 2 aromatic heterocycles.